The van der Waals surface area contributed by atoms with Crippen LogP contribution in [0.2, 0.25) is 5.02 Å². The molecular weight excluding hydrogens is 280 g/mol. The van der Waals surface area contributed by atoms with Crippen LogP contribution in [0.15, 0.2) is 24.3 Å². The lowest BCUT2D eigenvalue weighted by atomic mass is 10.1. The monoisotopic (exact) mass is 296 g/mol. The maximum absolute atomic E-state index is 12.3. The van der Waals surface area contributed by atoms with Crippen molar-refractivity contribution in [1.29, 1.82) is 0 Å². The Hall–Kier alpha value is -1.75. The zero-order chi connectivity index (χ0) is 14.7. The van der Waals surface area contributed by atoms with Gasteiger partial charge >= 0.3 is 6.09 Å². The molecule has 1 aliphatic heterocycles. The van der Waals surface area contributed by atoms with Crippen LogP contribution in [-0.2, 0) is 11.2 Å². The molecule has 1 N–H and O–H groups in total. The fraction of sp³-hybridized carbons (Fsp3) is 0.429. The topological polar surface area (TPSA) is 60.9 Å². The van der Waals surface area contributed by atoms with E-state index in [-0.39, 0.29) is 11.9 Å². The molecule has 1 saturated heterocycles. The number of amides is 2. The van der Waals surface area contributed by atoms with E-state index in [0.29, 0.717) is 31.1 Å². The van der Waals surface area contributed by atoms with Crippen LogP contribution in [0.4, 0.5) is 4.79 Å². The first-order valence-electron chi connectivity index (χ1n) is 6.49. The third-order valence-electron chi connectivity index (χ3n) is 3.49. The van der Waals surface area contributed by atoms with Crippen LogP contribution in [0.5, 0.6) is 0 Å². The van der Waals surface area contributed by atoms with E-state index in [1.165, 1.54) is 4.90 Å². The first kappa shape index (κ1) is 14.7. The number of halogens is 1. The normalized spacial score (nSPS) is 19.0. The van der Waals surface area contributed by atoms with E-state index < -0.39 is 6.09 Å². The lowest BCUT2D eigenvalue weighted by Crippen LogP contribution is -2.55. The summed E-state index contributed by atoms with van der Waals surface area (Å²) in [4.78, 5) is 26.3. The second-order valence-electron chi connectivity index (χ2n) is 4.97. The van der Waals surface area contributed by atoms with Crippen molar-refractivity contribution in [3.05, 3.63) is 34.9 Å². The molecule has 20 heavy (non-hydrogen) atoms. The SMILES string of the molecule is C[C@H]1CN(C(=O)O)CCN1C(=O)Cc1ccc(Cl)cc1. The van der Waals surface area contributed by atoms with Crippen LogP contribution in [0.25, 0.3) is 0 Å². The number of hydrogen-bond donors (Lipinski definition) is 1. The molecule has 0 spiro atoms. The summed E-state index contributed by atoms with van der Waals surface area (Å²) in [6.07, 6.45) is -0.615. The minimum absolute atomic E-state index is 0.0184. The highest BCUT2D eigenvalue weighted by Crippen LogP contribution is 2.14. The molecular formula is C14H17ClN2O3. The van der Waals surface area contributed by atoms with Gasteiger partial charge in [-0.15, -0.1) is 0 Å². The fourth-order valence-electron chi connectivity index (χ4n) is 2.38. The van der Waals surface area contributed by atoms with Gasteiger partial charge in [-0.1, -0.05) is 23.7 Å². The number of carbonyl (C=O) groups is 2. The zero-order valence-electron chi connectivity index (χ0n) is 11.3. The molecule has 1 aliphatic rings. The first-order valence-corrected chi connectivity index (χ1v) is 6.87. The molecule has 0 bridgehead atoms. The van der Waals surface area contributed by atoms with Crippen molar-refractivity contribution in [2.45, 2.75) is 19.4 Å². The second-order valence-corrected chi connectivity index (χ2v) is 5.40. The molecule has 0 radical (unpaired) electrons. The molecule has 0 aromatic heterocycles. The van der Waals surface area contributed by atoms with Crippen molar-refractivity contribution in [3.63, 3.8) is 0 Å². The van der Waals surface area contributed by atoms with E-state index >= 15 is 0 Å². The van der Waals surface area contributed by atoms with Crippen LogP contribution in [0, 0.1) is 0 Å². The Kier molecular flexibility index (Phi) is 4.49. The number of hydrogen-bond acceptors (Lipinski definition) is 2. The third-order valence-corrected chi connectivity index (χ3v) is 3.74. The highest BCUT2D eigenvalue weighted by molar-refractivity contribution is 6.30. The van der Waals surface area contributed by atoms with Gasteiger partial charge in [-0.2, -0.15) is 0 Å². The van der Waals surface area contributed by atoms with Crippen LogP contribution in [-0.4, -0.2) is 52.6 Å². The third kappa shape index (κ3) is 3.42. The van der Waals surface area contributed by atoms with Crippen molar-refractivity contribution in [2.75, 3.05) is 19.6 Å². The number of benzene rings is 1. The van der Waals surface area contributed by atoms with Gasteiger partial charge in [0.1, 0.15) is 0 Å². The summed E-state index contributed by atoms with van der Waals surface area (Å²) >= 11 is 5.81. The second kappa shape index (κ2) is 6.13. The van der Waals surface area contributed by atoms with Crippen molar-refractivity contribution in [3.8, 4) is 0 Å². The Balaban J connectivity index is 1.96. The van der Waals surface area contributed by atoms with E-state index in [4.69, 9.17) is 16.7 Å². The lowest BCUT2D eigenvalue weighted by molar-refractivity contribution is -0.134. The predicted molar refractivity (Wildman–Crippen MR) is 75.9 cm³/mol. The van der Waals surface area contributed by atoms with E-state index in [9.17, 15) is 9.59 Å². The predicted octanol–water partition coefficient (Wildman–Crippen LogP) is 2.09. The minimum Gasteiger partial charge on any atom is -0.465 e. The van der Waals surface area contributed by atoms with E-state index in [0.717, 1.165) is 5.56 Å². The highest BCUT2D eigenvalue weighted by atomic mass is 35.5. The molecule has 1 heterocycles. The Bertz CT molecular complexity index is 504. The number of nitrogens with zero attached hydrogens (tertiary/aromatic N) is 2. The molecule has 2 amide bonds. The zero-order valence-corrected chi connectivity index (χ0v) is 12.0. The van der Waals surface area contributed by atoms with Crippen molar-refractivity contribution in [2.24, 2.45) is 0 Å². The van der Waals surface area contributed by atoms with Gasteiger partial charge in [0, 0.05) is 30.7 Å². The summed E-state index contributed by atoms with van der Waals surface area (Å²) in [5.74, 6) is 0.0184. The molecule has 2 rings (SSSR count). The van der Waals surface area contributed by atoms with Gasteiger partial charge in [0.25, 0.3) is 0 Å². The van der Waals surface area contributed by atoms with E-state index in [1.807, 2.05) is 19.1 Å². The molecule has 5 nitrogen and oxygen atoms in total. The molecule has 0 aliphatic carbocycles. The Labute approximate surface area is 122 Å². The molecule has 1 atom stereocenters. The summed E-state index contributed by atoms with van der Waals surface area (Å²) in [6.45, 7) is 3.04. The van der Waals surface area contributed by atoms with Gasteiger partial charge < -0.3 is 14.9 Å². The molecule has 108 valence electrons. The standard InChI is InChI=1S/C14H17ClN2O3/c1-10-9-16(14(19)20)6-7-17(10)13(18)8-11-2-4-12(15)5-3-11/h2-5,10H,6-9H2,1H3,(H,19,20)/t10-/m0/s1. The summed E-state index contributed by atoms with van der Waals surface area (Å²) < 4.78 is 0. The smallest absolute Gasteiger partial charge is 0.407 e. The maximum atomic E-state index is 12.3. The van der Waals surface area contributed by atoms with Gasteiger partial charge in [0.15, 0.2) is 0 Å². The number of carbonyl (C=O) groups excluding carboxylic acids is 1. The number of carboxylic acid groups (broad SMARTS) is 1. The lowest BCUT2D eigenvalue weighted by Gasteiger charge is -2.38. The Morgan fingerprint density at radius 2 is 1.95 bits per heavy atom. The number of piperazine rings is 1. The molecule has 6 heteroatoms. The van der Waals surface area contributed by atoms with Gasteiger partial charge in [-0.3, -0.25) is 4.79 Å². The van der Waals surface area contributed by atoms with Crippen LogP contribution < -0.4 is 0 Å². The van der Waals surface area contributed by atoms with Gasteiger partial charge in [0.2, 0.25) is 5.91 Å². The van der Waals surface area contributed by atoms with Crippen LogP contribution in [0.1, 0.15) is 12.5 Å². The molecule has 1 aromatic carbocycles. The Morgan fingerprint density at radius 3 is 2.50 bits per heavy atom. The van der Waals surface area contributed by atoms with Crippen LogP contribution >= 0.6 is 11.6 Å². The Morgan fingerprint density at radius 1 is 1.30 bits per heavy atom. The van der Waals surface area contributed by atoms with Crippen molar-refractivity contribution in [1.82, 2.24) is 9.80 Å². The van der Waals surface area contributed by atoms with E-state index in [2.05, 4.69) is 0 Å². The molecule has 1 fully saturated rings. The summed E-state index contributed by atoms with van der Waals surface area (Å²) in [5, 5.41) is 9.60. The maximum Gasteiger partial charge on any atom is 0.407 e. The first-order chi connectivity index (χ1) is 9.47. The summed E-state index contributed by atoms with van der Waals surface area (Å²) in [7, 11) is 0. The minimum atomic E-state index is -0.929. The number of rotatable bonds is 2. The summed E-state index contributed by atoms with van der Waals surface area (Å²) in [6, 6.07) is 7.09. The average Bonchev–Trinajstić information content (AvgIpc) is 2.41. The van der Waals surface area contributed by atoms with Gasteiger partial charge in [-0.05, 0) is 24.6 Å². The molecule has 0 unspecified atom stereocenters. The van der Waals surface area contributed by atoms with Crippen molar-refractivity contribution >= 4 is 23.6 Å². The average molecular weight is 297 g/mol. The molecule has 1 aromatic rings. The highest BCUT2D eigenvalue weighted by Gasteiger charge is 2.29. The van der Waals surface area contributed by atoms with E-state index in [1.54, 1.807) is 17.0 Å². The van der Waals surface area contributed by atoms with Crippen LogP contribution in [0.3, 0.4) is 0 Å². The van der Waals surface area contributed by atoms with Gasteiger partial charge in [-0.25, -0.2) is 4.79 Å². The summed E-state index contributed by atoms with van der Waals surface area (Å²) in [5.41, 5.74) is 0.910. The fourth-order valence-corrected chi connectivity index (χ4v) is 2.51. The quantitative estimate of drug-likeness (QED) is 0.909. The largest absolute Gasteiger partial charge is 0.465 e. The van der Waals surface area contributed by atoms with Crippen molar-refractivity contribution < 1.29 is 14.7 Å². The molecule has 0 saturated carbocycles. The van der Waals surface area contributed by atoms with Gasteiger partial charge in [0.05, 0.1) is 6.42 Å².